The number of likely N-dealkylation sites (tertiary alicyclic amines) is 1. The van der Waals surface area contributed by atoms with Crippen LogP contribution in [-0.2, 0) is 16.6 Å². The van der Waals surface area contributed by atoms with E-state index in [-0.39, 0.29) is 11.5 Å². The number of carboxylic acid groups (broad SMARTS) is 1. The first-order valence-electron chi connectivity index (χ1n) is 11.0. The van der Waals surface area contributed by atoms with Gasteiger partial charge in [0.15, 0.2) is 0 Å². The molecule has 1 aromatic carbocycles. The molecule has 1 saturated carbocycles. The molecule has 4 rings (SSSR count). The van der Waals surface area contributed by atoms with Crippen LogP contribution in [0.15, 0.2) is 18.2 Å². The van der Waals surface area contributed by atoms with Crippen molar-refractivity contribution in [2.24, 2.45) is 11.8 Å². The molecular weight excluding hydrogens is 366 g/mol. The normalized spacial score (nSPS) is 26.4. The molecule has 5 heteroatoms. The Bertz CT molecular complexity index is 804. The maximum atomic E-state index is 12.2. The number of benzene rings is 1. The molecule has 2 atom stereocenters. The predicted molar refractivity (Wildman–Crippen MR) is 111 cm³/mol. The molecule has 1 saturated heterocycles. The topological polar surface area (TPSA) is 66.8 Å². The molecule has 1 aliphatic heterocycles. The molecule has 1 amide bonds. The Morgan fingerprint density at radius 1 is 1.21 bits per heavy atom. The summed E-state index contributed by atoms with van der Waals surface area (Å²) in [5.74, 6) is 0.540. The summed E-state index contributed by atoms with van der Waals surface area (Å²) in [5.41, 5.74) is 2.89. The van der Waals surface area contributed by atoms with Gasteiger partial charge in [0.1, 0.15) is 5.60 Å². The van der Waals surface area contributed by atoms with Gasteiger partial charge < -0.3 is 14.7 Å². The van der Waals surface area contributed by atoms with E-state index < -0.39 is 11.6 Å². The molecule has 0 bridgehead atoms. The van der Waals surface area contributed by atoms with Gasteiger partial charge in [-0.1, -0.05) is 12.5 Å². The Hall–Kier alpha value is -2.04. The highest BCUT2D eigenvalue weighted by Gasteiger charge is 2.57. The number of carboxylic acids is 1. The van der Waals surface area contributed by atoms with E-state index in [9.17, 15) is 14.7 Å². The average molecular weight is 400 g/mol. The summed E-state index contributed by atoms with van der Waals surface area (Å²) < 4.78 is 5.49. The van der Waals surface area contributed by atoms with Crippen molar-refractivity contribution in [2.45, 2.75) is 76.7 Å². The first-order chi connectivity index (χ1) is 13.7. The minimum Gasteiger partial charge on any atom is -0.478 e. The van der Waals surface area contributed by atoms with Crippen molar-refractivity contribution in [1.29, 1.82) is 0 Å². The quantitative estimate of drug-likeness (QED) is 0.772. The number of carbonyl (C=O) groups excluding carboxylic acids is 1. The van der Waals surface area contributed by atoms with Gasteiger partial charge in [0.2, 0.25) is 0 Å². The molecule has 29 heavy (non-hydrogen) atoms. The Labute approximate surface area is 173 Å². The highest BCUT2D eigenvalue weighted by Crippen LogP contribution is 2.63. The molecule has 0 radical (unpaired) electrons. The maximum Gasteiger partial charge on any atom is 0.410 e. The molecule has 158 valence electrons. The summed E-state index contributed by atoms with van der Waals surface area (Å²) in [6.07, 6.45) is 7.81. The number of carbonyl (C=O) groups is 2. The second-order valence-corrected chi connectivity index (χ2v) is 10.2. The average Bonchev–Trinajstić information content (AvgIpc) is 3.25. The summed E-state index contributed by atoms with van der Waals surface area (Å²) in [5, 5.41) is 9.33. The van der Waals surface area contributed by atoms with Crippen molar-refractivity contribution in [1.82, 2.24) is 4.90 Å². The van der Waals surface area contributed by atoms with Crippen LogP contribution in [0.2, 0.25) is 0 Å². The Morgan fingerprint density at radius 2 is 1.93 bits per heavy atom. The third-order valence-corrected chi connectivity index (χ3v) is 7.16. The number of ether oxygens (including phenoxy) is 1. The lowest BCUT2D eigenvalue weighted by molar-refractivity contribution is 0.0179. The smallest absolute Gasteiger partial charge is 0.410 e. The van der Waals surface area contributed by atoms with Crippen LogP contribution < -0.4 is 0 Å². The summed E-state index contributed by atoms with van der Waals surface area (Å²) in [7, 11) is 0. The number of fused-ring (bicyclic) bond motifs is 2. The van der Waals surface area contributed by atoms with Gasteiger partial charge in [-0.25, -0.2) is 9.59 Å². The number of amides is 1. The van der Waals surface area contributed by atoms with Gasteiger partial charge in [0.25, 0.3) is 0 Å². The van der Waals surface area contributed by atoms with E-state index in [1.54, 1.807) is 6.07 Å². The Kier molecular flexibility index (Phi) is 5.12. The zero-order valence-corrected chi connectivity index (χ0v) is 17.9. The number of hydrogen-bond acceptors (Lipinski definition) is 3. The maximum absolute atomic E-state index is 12.2. The fourth-order valence-corrected chi connectivity index (χ4v) is 5.45. The monoisotopic (exact) mass is 399 g/mol. The first kappa shape index (κ1) is 20.2. The fourth-order valence-electron chi connectivity index (χ4n) is 5.45. The molecule has 2 fully saturated rings. The van der Waals surface area contributed by atoms with E-state index in [0.29, 0.717) is 17.4 Å². The van der Waals surface area contributed by atoms with Gasteiger partial charge in [-0.05, 0) is 99.8 Å². The molecule has 1 aromatic rings. The third-order valence-electron chi connectivity index (χ3n) is 7.16. The van der Waals surface area contributed by atoms with Crippen LogP contribution in [-0.4, -0.2) is 40.8 Å². The van der Waals surface area contributed by atoms with Crippen molar-refractivity contribution in [3.05, 3.63) is 34.9 Å². The summed E-state index contributed by atoms with van der Waals surface area (Å²) in [6.45, 7) is 7.30. The second-order valence-electron chi connectivity index (χ2n) is 10.2. The summed E-state index contributed by atoms with van der Waals surface area (Å²) >= 11 is 0. The Morgan fingerprint density at radius 3 is 2.59 bits per heavy atom. The van der Waals surface area contributed by atoms with Crippen molar-refractivity contribution in [3.63, 3.8) is 0 Å². The number of rotatable bonds is 4. The molecule has 1 spiro atoms. The van der Waals surface area contributed by atoms with Crippen LogP contribution in [0.25, 0.3) is 0 Å². The molecule has 2 unspecified atom stereocenters. The van der Waals surface area contributed by atoms with Crippen LogP contribution in [0, 0.1) is 11.8 Å². The van der Waals surface area contributed by atoms with Crippen LogP contribution in [0.1, 0.15) is 80.8 Å². The lowest BCUT2D eigenvalue weighted by atomic mass is 9.88. The number of hydrogen-bond donors (Lipinski definition) is 1. The molecule has 2 aliphatic carbocycles. The minimum atomic E-state index is -0.830. The van der Waals surface area contributed by atoms with E-state index in [1.165, 1.54) is 36.8 Å². The molecule has 3 aliphatic rings. The predicted octanol–water partition coefficient (Wildman–Crippen LogP) is 5.02. The SMILES string of the molecule is CC(C)(C)OC(=O)N1CCC(CCC2CC23CCc2ccc(C(=O)O)cc23)CC1. The number of aromatic carboxylic acids is 1. The van der Waals surface area contributed by atoms with Gasteiger partial charge in [0.05, 0.1) is 5.56 Å². The van der Waals surface area contributed by atoms with E-state index in [2.05, 4.69) is 0 Å². The van der Waals surface area contributed by atoms with Gasteiger partial charge in [-0.3, -0.25) is 0 Å². The standard InChI is InChI=1S/C24H33NO4/c1-23(2,3)29-22(28)25-12-9-16(10-13-25)4-7-19-15-24(19)11-8-17-5-6-18(21(26)27)14-20(17)24/h5-6,14,16,19H,4,7-13,15H2,1-3H3,(H,26,27). The highest BCUT2D eigenvalue weighted by atomic mass is 16.6. The minimum absolute atomic E-state index is 0.186. The van der Waals surface area contributed by atoms with E-state index in [4.69, 9.17) is 4.74 Å². The molecule has 5 nitrogen and oxygen atoms in total. The van der Waals surface area contributed by atoms with Crippen LogP contribution >= 0.6 is 0 Å². The van der Waals surface area contributed by atoms with E-state index in [0.717, 1.165) is 32.4 Å². The van der Waals surface area contributed by atoms with Crippen LogP contribution in [0.3, 0.4) is 0 Å². The lowest BCUT2D eigenvalue weighted by Gasteiger charge is -2.33. The zero-order chi connectivity index (χ0) is 20.8. The van der Waals surface area contributed by atoms with Gasteiger partial charge in [-0.15, -0.1) is 0 Å². The van der Waals surface area contributed by atoms with Gasteiger partial charge in [0, 0.05) is 13.1 Å². The molecule has 0 aromatic heterocycles. The van der Waals surface area contributed by atoms with Crippen molar-refractivity contribution in [3.8, 4) is 0 Å². The van der Waals surface area contributed by atoms with Crippen molar-refractivity contribution in [2.75, 3.05) is 13.1 Å². The molecular formula is C24H33NO4. The van der Waals surface area contributed by atoms with Crippen LogP contribution in [0.5, 0.6) is 0 Å². The first-order valence-corrected chi connectivity index (χ1v) is 11.0. The third kappa shape index (κ3) is 4.15. The van der Waals surface area contributed by atoms with Gasteiger partial charge in [-0.2, -0.15) is 0 Å². The number of piperidine rings is 1. The summed E-state index contributed by atoms with van der Waals surface area (Å²) in [6, 6.07) is 5.70. The van der Waals surface area contributed by atoms with Crippen molar-refractivity contribution >= 4 is 12.1 Å². The lowest BCUT2D eigenvalue weighted by Crippen LogP contribution is -2.41. The highest BCUT2D eigenvalue weighted by molar-refractivity contribution is 5.88. The largest absolute Gasteiger partial charge is 0.478 e. The summed E-state index contributed by atoms with van der Waals surface area (Å²) in [4.78, 5) is 25.4. The molecule has 1 N–H and O–H groups in total. The zero-order valence-electron chi connectivity index (χ0n) is 17.9. The second kappa shape index (κ2) is 7.33. The number of nitrogens with zero attached hydrogens (tertiary/aromatic N) is 1. The van der Waals surface area contributed by atoms with Crippen LogP contribution in [0.4, 0.5) is 4.79 Å². The molecule has 1 heterocycles. The number of aryl methyl sites for hydroxylation is 1. The fraction of sp³-hybridized carbons (Fsp3) is 0.667. The van der Waals surface area contributed by atoms with E-state index in [1.807, 2.05) is 37.8 Å². The Balaban J connectivity index is 1.27. The van der Waals surface area contributed by atoms with E-state index >= 15 is 0 Å². The van der Waals surface area contributed by atoms with Crippen molar-refractivity contribution < 1.29 is 19.4 Å². The van der Waals surface area contributed by atoms with Gasteiger partial charge >= 0.3 is 12.1 Å².